The first-order valence-corrected chi connectivity index (χ1v) is 10.1. The van der Waals surface area contributed by atoms with Crippen LogP contribution in [0.5, 0.6) is 11.5 Å². The molecule has 142 valence electrons. The monoisotopic (exact) mass is 362 g/mol. The van der Waals surface area contributed by atoms with Crippen molar-refractivity contribution in [2.45, 2.75) is 77.4 Å². The van der Waals surface area contributed by atoms with Crippen LogP contribution in [0.2, 0.25) is 0 Å². The smallest absolute Gasteiger partial charge is 0.205 e. The summed E-state index contributed by atoms with van der Waals surface area (Å²) in [6.45, 7) is 4.12. The molecule has 2 heterocycles. The van der Waals surface area contributed by atoms with E-state index < -0.39 is 11.6 Å². The number of hydrogen-bond acceptors (Lipinski definition) is 2. The molecule has 0 radical (unpaired) electrons. The number of hydrogen-bond donors (Lipinski definition) is 0. The topological polar surface area (TPSA) is 18.5 Å². The number of ether oxygens (including phenoxy) is 2. The number of benzene rings is 1. The first-order valence-electron chi connectivity index (χ1n) is 10.1. The van der Waals surface area contributed by atoms with E-state index in [1.807, 2.05) is 19.1 Å². The van der Waals surface area contributed by atoms with E-state index in [0.717, 1.165) is 30.7 Å². The van der Waals surface area contributed by atoms with Crippen molar-refractivity contribution >= 4 is 6.08 Å². The first-order chi connectivity index (χ1) is 12.6. The minimum Gasteiger partial charge on any atom is -0.487 e. The zero-order chi connectivity index (χ0) is 18.3. The molecule has 4 heteroatoms. The zero-order valence-electron chi connectivity index (χ0n) is 15.7. The van der Waals surface area contributed by atoms with Crippen LogP contribution in [-0.2, 0) is 6.42 Å². The summed E-state index contributed by atoms with van der Waals surface area (Å²) < 4.78 is 40.8. The SMILES string of the molecule is CCCC1CCC(C2C=Cc3c4c(c(F)c(F)c3O2)OC(C)CC4)CC1. The highest BCUT2D eigenvalue weighted by Gasteiger charge is 2.35. The van der Waals surface area contributed by atoms with Gasteiger partial charge in [-0.3, -0.25) is 0 Å². The molecule has 2 atom stereocenters. The molecule has 26 heavy (non-hydrogen) atoms. The molecule has 0 N–H and O–H groups in total. The Balaban J connectivity index is 1.56. The van der Waals surface area contributed by atoms with Crippen molar-refractivity contribution in [3.8, 4) is 11.5 Å². The van der Waals surface area contributed by atoms with Gasteiger partial charge in [0.05, 0.1) is 6.10 Å². The van der Waals surface area contributed by atoms with Crippen molar-refractivity contribution in [3.63, 3.8) is 0 Å². The molecule has 1 aromatic rings. The molecule has 1 saturated carbocycles. The van der Waals surface area contributed by atoms with Gasteiger partial charge in [0.2, 0.25) is 11.6 Å². The Kier molecular flexibility index (Phi) is 4.94. The third kappa shape index (κ3) is 3.12. The van der Waals surface area contributed by atoms with E-state index in [1.165, 1.54) is 25.7 Å². The fourth-order valence-corrected chi connectivity index (χ4v) is 4.81. The van der Waals surface area contributed by atoms with Gasteiger partial charge in [0.15, 0.2) is 11.5 Å². The van der Waals surface area contributed by atoms with Crippen LogP contribution >= 0.6 is 0 Å². The van der Waals surface area contributed by atoms with Gasteiger partial charge in [0.25, 0.3) is 0 Å². The van der Waals surface area contributed by atoms with Gasteiger partial charge < -0.3 is 9.47 Å². The molecule has 4 rings (SSSR count). The van der Waals surface area contributed by atoms with Crippen LogP contribution < -0.4 is 9.47 Å². The van der Waals surface area contributed by atoms with Gasteiger partial charge in [0, 0.05) is 11.1 Å². The maximum Gasteiger partial charge on any atom is 0.205 e. The average Bonchev–Trinajstić information content (AvgIpc) is 2.66. The van der Waals surface area contributed by atoms with Gasteiger partial charge in [0.1, 0.15) is 6.10 Å². The van der Waals surface area contributed by atoms with Crippen LogP contribution in [0.15, 0.2) is 6.08 Å². The molecule has 0 spiro atoms. The molecular formula is C22H28F2O2. The molecule has 1 fully saturated rings. The summed E-state index contributed by atoms with van der Waals surface area (Å²) in [4.78, 5) is 0. The minimum atomic E-state index is -0.901. The average molecular weight is 362 g/mol. The van der Waals surface area contributed by atoms with Crippen molar-refractivity contribution in [1.82, 2.24) is 0 Å². The second kappa shape index (κ2) is 7.21. The van der Waals surface area contributed by atoms with E-state index in [1.54, 1.807) is 0 Å². The standard InChI is InChI=1S/C22H28F2O2/c1-3-4-14-6-8-15(9-7-14)18-12-11-17-16-10-5-13(2)25-21(16)19(23)20(24)22(17)26-18/h11-15,18H,3-10H2,1-2H3. The van der Waals surface area contributed by atoms with E-state index in [4.69, 9.17) is 9.47 Å². The van der Waals surface area contributed by atoms with Crippen molar-refractivity contribution in [3.05, 3.63) is 28.8 Å². The molecule has 2 unspecified atom stereocenters. The van der Waals surface area contributed by atoms with Crippen LogP contribution in [0.25, 0.3) is 6.08 Å². The van der Waals surface area contributed by atoms with Crippen LogP contribution in [0.3, 0.4) is 0 Å². The summed E-state index contributed by atoms with van der Waals surface area (Å²) in [7, 11) is 0. The molecule has 2 nitrogen and oxygen atoms in total. The van der Waals surface area contributed by atoms with Crippen LogP contribution in [0, 0.1) is 23.5 Å². The Hall–Kier alpha value is -1.58. The van der Waals surface area contributed by atoms with Gasteiger partial charge in [-0.15, -0.1) is 0 Å². The van der Waals surface area contributed by atoms with Crippen molar-refractivity contribution in [2.75, 3.05) is 0 Å². The van der Waals surface area contributed by atoms with E-state index in [9.17, 15) is 8.78 Å². The fraction of sp³-hybridized carbons (Fsp3) is 0.636. The Morgan fingerprint density at radius 1 is 1.00 bits per heavy atom. The summed E-state index contributed by atoms with van der Waals surface area (Å²) in [5.74, 6) is -0.430. The van der Waals surface area contributed by atoms with Crippen molar-refractivity contribution in [2.24, 2.45) is 11.8 Å². The maximum atomic E-state index is 14.7. The maximum absolute atomic E-state index is 14.7. The molecule has 2 aliphatic heterocycles. The van der Waals surface area contributed by atoms with Crippen molar-refractivity contribution < 1.29 is 18.3 Å². The van der Waals surface area contributed by atoms with Gasteiger partial charge >= 0.3 is 0 Å². The second-order valence-electron chi connectivity index (χ2n) is 8.16. The highest BCUT2D eigenvalue weighted by atomic mass is 19.2. The van der Waals surface area contributed by atoms with Crippen LogP contribution in [0.1, 0.15) is 69.9 Å². The number of halogens is 2. The summed E-state index contributed by atoms with van der Waals surface area (Å²) in [5.41, 5.74) is 1.42. The Labute approximate surface area is 154 Å². The fourth-order valence-electron chi connectivity index (χ4n) is 4.81. The van der Waals surface area contributed by atoms with Gasteiger partial charge in [-0.2, -0.15) is 8.78 Å². The summed E-state index contributed by atoms with van der Waals surface area (Å²) in [6, 6.07) is 0. The molecule has 3 aliphatic rings. The van der Waals surface area contributed by atoms with Gasteiger partial charge in [-0.25, -0.2) is 0 Å². The third-order valence-electron chi connectivity index (χ3n) is 6.31. The van der Waals surface area contributed by atoms with Crippen LogP contribution in [0.4, 0.5) is 8.78 Å². The van der Waals surface area contributed by atoms with Crippen molar-refractivity contribution in [1.29, 1.82) is 0 Å². The lowest BCUT2D eigenvalue weighted by atomic mass is 9.77. The summed E-state index contributed by atoms with van der Waals surface area (Å²) in [5, 5.41) is 0. The molecule has 1 aromatic carbocycles. The summed E-state index contributed by atoms with van der Waals surface area (Å²) >= 11 is 0. The van der Waals surface area contributed by atoms with Crippen LogP contribution in [-0.4, -0.2) is 12.2 Å². The first kappa shape index (κ1) is 17.8. The quantitative estimate of drug-likeness (QED) is 0.651. The number of fused-ring (bicyclic) bond motifs is 3. The molecule has 1 aliphatic carbocycles. The minimum absolute atomic E-state index is 0.0757. The molecule has 0 saturated heterocycles. The van der Waals surface area contributed by atoms with E-state index in [2.05, 4.69) is 6.92 Å². The normalized spacial score (nSPS) is 30.2. The summed E-state index contributed by atoms with van der Waals surface area (Å²) in [6.07, 6.45) is 12.4. The molecule has 0 amide bonds. The lowest BCUT2D eigenvalue weighted by Gasteiger charge is -2.35. The zero-order valence-corrected chi connectivity index (χ0v) is 15.7. The molecular weight excluding hydrogens is 334 g/mol. The van der Waals surface area contributed by atoms with Gasteiger partial charge in [-0.1, -0.05) is 38.7 Å². The predicted molar refractivity (Wildman–Crippen MR) is 98.6 cm³/mol. The van der Waals surface area contributed by atoms with Gasteiger partial charge in [-0.05, 0) is 50.5 Å². The van der Waals surface area contributed by atoms with E-state index >= 15 is 0 Å². The number of rotatable bonds is 3. The Morgan fingerprint density at radius 2 is 1.73 bits per heavy atom. The lowest BCUT2D eigenvalue weighted by Crippen LogP contribution is -2.31. The highest BCUT2D eigenvalue weighted by molar-refractivity contribution is 5.68. The largest absolute Gasteiger partial charge is 0.487 e. The Bertz CT molecular complexity index is 705. The molecule has 0 bridgehead atoms. The highest BCUT2D eigenvalue weighted by Crippen LogP contribution is 2.45. The Morgan fingerprint density at radius 3 is 2.46 bits per heavy atom. The molecule has 0 aromatic heterocycles. The van der Waals surface area contributed by atoms with E-state index in [0.29, 0.717) is 17.9 Å². The third-order valence-corrected chi connectivity index (χ3v) is 6.31. The predicted octanol–water partition coefficient (Wildman–Crippen LogP) is 6.06. The lowest BCUT2D eigenvalue weighted by molar-refractivity contribution is 0.118. The second-order valence-corrected chi connectivity index (χ2v) is 8.16. The van der Waals surface area contributed by atoms with E-state index in [-0.39, 0.29) is 23.7 Å².